The molecule has 2 unspecified atom stereocenters. The van der Waals surface area contributed by atoms with E-state index in [1.165, 1.54) is 0 Å². The van der Waals surface area contributed by atoms with E-state index in [1.807, 2.05) is 0 Å². The maximum atomic E-state index is 12.3. The summed E-state index contributed by atoms with van der Waals surface area (Å²) >= 11 is 12.0. The summed E-state index contributed by atoms with van der Waals surface area (Å²) in [7, 11) is 0. The molecule has 20 heavy (non-hydrogen) atoms. The third-order valence-corrected chi connectivity index (χ3v) is 4.57. The van der Waals surface area contributed by atoms with Crippen molar-refractivity contribution in [3.63, 3.8) is 0 Å². The quantitative estimate of drug-likeness (QED) is 0.898. The van der Waals surface area contributed by atoms with Crippen LogP contribution in [0, 0.1) is 5.41 Å². The highest BCUT2D eigenvalue weighted by Crippen LogP contribution is 2.38. The molecule has 0 heterocycles. The molecule has 1 aliphatic rings. The molecule has 1 amide bonds. The van der Waals surface area contributed by atoms with Crippen molar-refractivity contribution in [2.75, 3.05) is 0 Å². The second-order valence-corrected chi connectivity index (χ2v) is 6.05. The van der Waals surface area contributed by atoms with Gasteiger partial charge in [0, 0.05) is 6.04 Å². The number of carboxylic acid groups (broad SMARTS) is 1. The minimum absolute atomic E-state index is 0.190. The summed E-state index contributed by atoms with van der Waals surface area (Å²) in [4.78, 5) is 23.7. The van der Waals surface area contributed by atoms with Gasteiger partial charge in [-0.15, -0.1) is 0 Å². The summed E-state index contributed by atoms with van der Waals surface area (Å²) < 4.78 is 0. The number of rotatable bonds is 3. The molecule has 1 aromatic carbocycles. The Labute approximate surface area is 127 Å². The van der Waals surface area contributed by atoms with Gasteiger partial charge >= 0.3 is 5.97 Å². The number of nitrogens with one attached hydrogen (secondary N) is 1. The Morgan fingerprint density at radius 3 is 2.50 bits per heavy atom. The van der Waals surface area contributed by atoms with E-state index >= 15 is 0 Å². The maximum Gasteiger partial charge on any atom is 0.311 e. The van der Waals surface area contributed by atoms with Gasteiger partial charge in [0.25, 0.3) is 5.91 Å². The Balaban J connectivity index is 2.22. The van der Waals surface area contributed by atoms with Gasteiger partial charge < -0.3 is 10.4 Å². The number of halogens is 2. The van der Waals surface area contributed by atoms with Crippen molar-refractivity contribution >= 4 is 35.1 Å². The zero-order valence-corrected chi connectivity index (χ0v) is 12.5. The SMILES string of the molecule is CC1(C(=O)O)CCCC1NC(=O)c1c(Cl)cccc1Cl. The third-order valence-electron chi connectivity index (χ3n) is 3.94. The fraction of sp³-hybridized carbons (Fsp3) is 0.429. The van der Waals surface area contributed by atoms with Crippen LogP contribution in [0.4, 0.5) is 0 Å². The molecule has 0 bridgehead atoms. The van der Waals surface area contributed by atoms with Crippen molar-refractivity contribution in [2.45, 2.75) is 32.2 Å². The lowest BCUT2D eigenvalue weighted by Crippen LogP contribution is -2.47. The van der Waals surface area contributed by atoms with E-state index in [-0.39, 0.29) is 15.6 Å². The highest BCUT2D eigenvalue weighted by atomic mass is 35.5. The number of hydrogen-bond donors (Lipinski definition) is 2. The van der Waals surface area contributed by atoms with Gasteiger partial charge in [0.2, 0.25) is 0 Å². The van der Waals surface area contributed by atoms with Crippen LogP contribution >= 0.6 is 23.2 Å². The van der Waals surface area contributed by atoms with Crippen molar-refractivity contribution in [1.82, 2.24) is 5.32 Å². The summed E-state index contributed by atoms with van der Waals surface area (Å²) in [5, 5.41) is 12.6. The van der Waals surface area contributed by atoms with Gasteiger partial charge in [-0.3, -0.25) is 9.59 Å². The number of amides is 1. The van der Waals surface area contributed by atoms with Crippen LogP contribution < -0.4 is 5.32 Å². The Hall–Kier alpha value is -1.26. The fourth-order valence-electron chi connectivity index (χ4n) is 2.60. The molecule has 0 aromatic heterocycles. The molecule has 1 aromatic rings. The number of aliphatic carboxylic acids is 1. The van der Waals surface area contributed by atoms with Gasteiger partial charge in [-0.25, -0.2) is 0 Å². The van der Waals surface area contributed by atoms with Crippen molar-refractivity contribution < 1.29 is 14.7 Å². The topological polar surface area (TPSA) is 66.4 Å². The van der Waals surface area contributed by atoms with Crippen LogP contribution in [0.25, 0.3) is 0 Å². The first kappa shape index (κ1) is 15.1. The second-order valence-electron chi connectivity index (χ2n) is 5.24. The zero-order chi connectivity index (χ0) is 14.9. The Morgan fingerprint density at radius 1 is 1.35 bits per heavy atom. The van der Waals surface area contributed by atoms with Gasteiger partial charge in [-0.05, 0) is 31.9 Å². The molecule has 1 fully saturated rings. The van der Waals surface area contributed by atoms with Crippen LogP contribution in [0.15, 0.2) is 18.2 Å². The van der Waals surface area contributed by atoms with Gasteiger partial charge in [0.05, 0.1) is 21.0 Å². The van der Waals surface area contributed by atoms with Crippen molar-refractivity contribution in [3.05, 3.63) is 33.8 Å². The molecule has 1 aliphatic carbocycles. The van der Waals surface area contributed by atoms with Crippen LogP contribution in [0.5, 0.6) is 0 Å². The summed E-state index contributed by atoms with van der Waals surface area (Å²) in [5.41, 5.74) is -0.751. The van der Waals surface area contributed by atoms with E-state index in [1.54, 1.807) is 25.1 Å². The molecular formula is C14H15Cl2NO3. The van der Waals surface area contributed by atoms with E-state index in [0.717, 1.165) is 6.42 Å². The summed E-state index contributed by atoms with van der Waals surface area (Å²) in [6.07, 6.45) is 1.95. The average Bonchev–Trinajstić information content (AvgIpc) is 2.72. The van der Waals surface area contributed by atoms with Gasteiger partial charge in [0.15, 0.2) is 0 Å². The van der Waals surface area contributed by atoms with E-state index in [2.05, 4.69) is 5.32 Å². The first-order chi connectivity index (χ1) is 9.36. The molecular weight excluding hydrogens is 301 g/mol. The van der Waals surface area contributed by atoms with Crippen LogP contribution in [0.2, 0.25) is 10.0 Å². The molecule has 2 atom stereocenters. The first-order valence-electron chi connectivity index (χ1n) is 6.34. The predicted molar refractivity (Wildman–Crippen MR) is 77.3 cm³/mol. The third kappa shape index (κ3) is 2.63. The van der Waals surface area contributed by atoms with Crippen LogP contribution in [0.1, 0.15) is 36.5 Å². The molecule has 6 heteroatoms. The largest absolute Gasteiger partial charge is 0.481 e. The summed E-state index contributed by atoms with van der Waals surface area (Å²) in [6.45, 7) is 1.65. The van der Waals surface area contributed by atoms with Crippen LogP contribution in [-0.4, -0.2) is 23.0 Å². The van der Waals surface area contributed by atoms with Gasteiger partial charge in [0.1, 0.15) is 0 Å². The molecule has 0 radical (unpaired) electrons. The lowest BCUT2D eigenvalue weighted by molar-refractivity contribution is -0.148. The number of hydrogen-bond acceptors (Lipinski definition) is 2. The number of carbonyl (C=O) groups is 2. The number of benzene rings is 1. The molecule has 2 rings (SSSR count). The molecule has 108 valence electrons. The fourth-order valence-corrected chi connectivity index (χ4v) is 3.17. The molecule has 0 aliphatic heterocycles. The van der Waals surface area contributed by atoms with E-state index in [0.29, 0.717) is 12.8 Å². The lowest BCUT2D eigenvalue weighted by Gasteiger charge is -2.27. The van der Waals surface area contributed by atoms with E-state index in [9.17, 15) is 14.7 Å². The highest BCUT2D eigenvalue weighted by molar-refractivity contribution is 6.39. The summed E-state index contributed by atoms with van der Waals surface area (Å²) in [5.74, 6) is -1.33. The monoisotopic (exact) mass is 315 g/mol. The molecule has 2 N–H and O–H groups in total. The lowest BCUT2D eigenvalue weighted by atomic mass is 9.85. The predicted octanol–water partition coefficient (Wildman–Crippen LogP) is 3.37. The molecule has 4 nitrogen and oxygen atoms in total. The molecule has 0 saturated heterocycles. The molecule has 1 saturated carbocycles. The van der Waals surface area contributed by atoms with Crippen molar-refractivity contribution in [2.24, 2.45) is 5.41 Å². The maximum absolute atomic E-state index is 12.3. The minimum atomic E-state index is -0.941. The summed E-state index contributed by atoms with van der Waals surface area (Å²) in [6, 6.07) is 4.39. The average molecular weight is 316 g/mol. The van der Waals surface area contributed by atoms with Crippen LogP contribution in [0.3, 0.4) is 0 Å². The van der Waals surface area contributed by atoms with Crippen molar-refractivity contribution in [1.29, 1.82) is 0 Å². The van der Waals surface area contributed by atoms with E-state index < -0.39 is 23.3 Å². The molecule has 0 spiro atoms. The first-order valence-corrected chi connectivity index (χ1v) is 7.10. The van der Waals surface area contributed by atoms with Gasteiger partial charge in [-0.2, -0.15) is 0 Å². The van der Waals surface area contributed by atoms with E-state index in [4.69, 9.17) is 23.2 Å². The van der Waals surface area contributed by atoms with Gasteiger partial charge in [-0.1, -0.05) is 35.7 Å². The van der Waals surface area contributed by atoms with Crippen molar-refractivity contribution in [3.8, 4) is 0 Å². The standard InChI is InChI=1S/C14H15Cl2NO3/c1-14(13(19)20)7-3-6-10(14)17-12(18)11-8(15)4-2-5-9(11)16/h2,4-5,10H,3,6-7H2,1H3,(H,17,18)(H,19,20). The van der Waals surface area contributed by atoms with Crippen LogP contribution in [-0.2, 0) is 4.79 Å². The normalized spacial score (nSPS) is 25.4. The Kier molecular flexibility index (Phi) is 4.25. The smallest absolute Gasteiger partial charge is 0.311 e. The minimum Gasteiger partial charge on any atom is -0.481 e. The zero-order valence-electron chi connectivity index (χ0n) is 11.0. The highest BCUT2D eigenvalue weighted by Gasteiger charge is 2.46. The Morgan fingerprint density at radius 2 is 1.95 bits per heavy atom. The Bertz CT molecular complexity index is 541. The second kappa shape index (κ2) is 5.62. The number of carboxylic acids is 1. The number of carbonyl (C=O) groups excluding carboxylic acids is 1.